The second-order valence-corrected chi connectivity index (χ2v) is 13.7. The topological polar surface area (TPSA) is 121 Å². The van der Waals surface area contributed by atoms with Gasteiger partial charge < -0.3 is 16.0 Å². The molecule has 4 aromatic rings. The van der Waals surface area contributed by atoms with Crippen molar-refractivity contribution < 1.29 is 9.18 Å². The van der Waals surface area contributed by atoms with E-state index in [1.807, 2.05) is 24.3 Å². The summed E-state index contributed by atoms with van der Waals surface area (Å²) in [4.78, 5) is 39.1. The molecule has 0 aliphatic carbocycles. The fraction of sp³-hybridized carbons (Fsp3) is 0.459. The molecule has 48 heavy (non-hydrogen) atoms. The van der Waals surface area contributed by atoms with Gasteiger partial charge in [0.15, 0.2) is 5.82 Å². The van der Waals surface area contributed by atoms with Crippen LogP contribution >= 0.6 is 11.6 Å². The highest BCUT2D eigenvalue weighted by atomic mass is 35.5. The van der Waals surface area contributed by atoms with E-state index < -0.39 is 11.5 Å². The molecule has 1 amide bonds. The molecule has 1 fully saturated rings. The lowest BCUT2D eigenvalue weighted by Crippen LogP contribution is -2.45. The van der Waals surface area contributed by atoms with Gasteiger partial charge in [0, 0.05) is 55.8 Å². The van der Waals surface area contributed by atoms with Crippen LogP contribution in [0.25, 0.3) is 28.0 Å². The molecule has 2 aromatic carbocycles. The van der Waals surface area contributed by atoms with Gasteiger partial charge in [-0.2, -0.15) is 4.98 Å². The minimum absolute atomic E-state index is 0.0436. The molecule has 9 nitrogen and oxygen atoms in total. The number of nitrogens with two attached hydrogens (primary N) is 1. The number of amidine groups is 1. The Morgan fingerprint density at radius 3 is 2.67 bits per heavy atom. The first kappa shape index (κ1) is 35.3. The first-order chi connectivity index (χ1) is 23.0. The van der Waals surface area contributed by atoms with Gasteiger partial charge >= 0.3 is 5.69 Å². The molecule has 1 saturated heterocycles. The number of nitrogens with one attached hydrogen (secondary N) is 2. The predicted octanol–water partition coefficient (Wildman–Crippen LogP) is 6.95. The van der Waals surface area contributed by atoms with Crippen molar-refractivity contribution >= 4 is 34.4 Å². The van der Waals surface area contributed by atoms with Gasteiger partial charge in [0.1, 0.15) is 5.65 Å². The van der Waals surface area contributed by atoms with E-state index in [0.717, 1.165) is 62.6 Å². The summed E-state index contributed by atoms with van der Waals surface area (Å²) >= 11 is 6.31. The van der Waals surface area contributed by atoms with E-state index in [-0.39, 0.29) is 17.0 Å². The summed E-state index contributed by atoms with van der Waals surface area (Å²) in [6.07, 6.45) is 8.65. The number of aliphatic imine (C=N–C) groups is 1. The third kappa shape index (κ3) is 8.71. The Balaban J connectivity index is 1.39. The van der Waals surface area contributed by atoms with Crippen LogP contribution in [0.1, 0.15) is 83.4 Å². The Morgan fingerprint density at radius 2 is 1.96 bits per heavy atom. The second-order valence-electron chi connectivity index (χ2n) is 13.3. The number of nitrogens with zero attached hydrogens (tertiary/aromatic N) is 4. The number of aromatic amines is 1. The molecule has 1 aliphatic heterocycles. The van der Waals surface area contributed by atoms with Gasteiger partial charge in [0.05, 0.1) is 22.2 Å². The van der Waals surface area contributed by atoms with Crippen LogP contribution in [-0.4, -0.2) is 56.9 Å². The molecule has 0 saturated carbocycles. The summed E-state index contributed by atoms with van der Waals surface area (Å²) in [6, 6.07) is 13.8. The fourth-order valence-electron chi connectivity index (χ4n) is 6.77. The van der Waals surface area contributed by atoms with Gasteiger partial charge in [0.25, 0.3) is 0 Å². The molecular formula is C37H47ClFN7O2. The lowest BCUT2D eigenvalue weighted by atomic mass is 9.89. The van der Waals surface area contributed by atoms with Crippen LogP contribution in [-0.2, 0) is 11.2 Å². The Labute approximate surface area is 286 Å². The zero-order chi connectivity index (χ0) is 34.4. The molecule has 1 aliphatic rings. The van der Waals surface area contributed by atoms with Gasteiger partial charge in [-0.3, -0.25) is 19.3 Å². The van der Waals surface area contributed by atoms with Gasteiger partial charge in [-0.25, -0.2) is 9.18 Å². The van der Waals surface area contributed by atoms with Crippen LogP contribution in [0.15, 0.2) is 58.4 Å². The number of likely N-dealkylation sites (tertiary alicyclic amines) is 1. The lowest BCUT2D eigenvalue weighted by Gasteiger charge is -2.42. The number of fused-ring (bicyclic) bond motifs is 1. The Kier molecular flexibility index (Phi) is 11.7. The highest BCUT2D eigenvalue weighted by molar-refractivity contribution is 6.31. The summed E-state index contributed by atoms with van der Waals surface area (Å²) in [5.74, 6) is 0.633. The summed E-state index contributed by atoms with van der Waals surface area (Å²) in [5, 5.41) is 3.70. The first-order valence-electron chi connectivity index (χ1n) is 17.0. The Hall–Kier alpha value is -4.02. The minimum atomic E-state index is -0.500. The lowest BCUT2D eigenvalue weighted by molar-refractivity contribution is -0.119. The number of amides is 1. The standard InChI is InChI=1S/C37H47ClFN7O2/c1-23(2)7-5-8-26-19-31(35(39)32(38)20-26)33-21-28-22-46(37(48)44-36(28)43-33)30-13-11-27(12-14-30)34-10-6-9-29(15-16-41-24(3)40)45(34)18-17-42-25(4)47/h11-14,19-23,29,34H,5-10,15-18H2,1-4H3,(H2,40,41)(H,42,47)(H,43,44,48). The SMILES string of the molecule is CC(=O)NCCN1C(CCN=C(C)N)CCCC1c1ccc(-n2cc3cc(-c4cc(CCCC(C)C)cc(Cl)c4F)[nH]c3nc2=O)cc1. The van der Waals surface area contributed by atoms with Gasteiger partial charge in [-0.15, -0.1) is 0 Å². The van der Waals surface area contributed by atoms with E-state index in [2.05, 4.69) is 51.2 Å². The van der Waals surface area contributed by atoms with E-state index in [9.17, 15) is 9.59 Å². The average molecular weight is 676 g/mol. The molecule has 0 bridgehead atoms. The highest BCUT2D eigenvalue weighted by Gasteiger charge is 2.31. The van der Waals surface area contributed by atoms with Crippen molar-refractivity contribution in [1.82, 2.24) is 24.8 Å². The summed E-state index contributed by atoms with van der Waals surface area (Å²) in [5.41, 5.74) is 9.43. The third-order valence-electron chi connectivity index (χ3n) is 9.14. The average Bonchev–Trinajstić information content (AvgIpc) is 3.45. The summed E-state index contributed by atoms with van der Waals surface area (Å²) in [6.45, 7) is 9.67. The maximum atomic E-state index is 15.2. The molecule has 0 spiro atoms. The Bertz CT molecular complexity index is 1810. The maximum Gasteiger partial charge on any atom is 0.354 e. The first-order valence-corrected chi connectivity index (χ1v) is 17.4. The van der Waals surface area contributed by atoms with Crippen LogP contribution in [0.2, 0.25) is 5.02 Å². The molecule has 2 unspecified atom stereocenters. The fourth-order valence-corrected chi connectivity index (χ4v) is 7.01. The normalized spacial score (nSPS) is 17.4. The zero-order valence-electron chi connectivity index (χ0n) is 28.4. The molecule has 4 N–H and O–H groups in total. The second kappa shape index (κ2) is 15.9. The van der Waals surface area contributed by atoms with Crippen LogP contribution in [0.4, 0.5) is 4.39 Å². The molecule has 3 heterocycles. The van der Waals surface area contributed by atoms with Crippen molar-refractivity contribution in [2.45, 2.75) is 84.7 Å². The van der Waals surface area contributed by atoms with Gasteiger partial charge in [-0.1, -0.05) is 44.0 Å². The number of carbonyl (C=O) groups is 1. The van der Waals surface area contributed by atoms with Crippen molar-refractivity contribution in [2.75, 3.05) is 19.6 Å². The number of benzene rings is 2. The van der Waals surface area contributed by atoms with Crippen molar-refractivity contribution in [2.24, 2.45) is 16.6 Å². The molecule has 5 rings (SSSR count). The zero-order valence-corrected chi connectivity index (χ0v) is 29.1. The van der Waals surface area contributed by atoms with Crippen molar-refractivity contribution in [1.29, 1.82) is 0 Å². The van der Waals surface area contributed by atoms with E-state index >= 15 is 4.39 Å². The van der Waals surface area contributed by atoms with Crippen molar-refractivity contribution in [3.63, 3.8) is 0 Å². The van der Waals surface area contributed by atoms with Crippen LogP contribution in [0.3, 0.4) is 0 Å². The summed E-state index contributed by atoms with van der Waals surface area (Å²) in [7, 11) is 0. The monoisotopic (exact) mass is 675 g/mol. The van der Waals surface area contributed by atoms with Gasteiger partial charge in [0.2, 0.25) is 5.91 Å². The number of H-pyrrole nitrogens is 1. The number of aryl methyl sites for hydroxylation is 1. The van der Waals surface area contributed by atoms with E-state index in [4.69, 9.17) is 17.3 Å². The molecular weight excluding hydrogens is 629 g/mol. The number of hydrogen-bond acceptors (Lipinski definition) is 5. The highest BCUT2D eigenvalue weighted by Crippen LogP contribution is 2.36. The van der Waals surface area contributed by atoms with Crippen molar-refractivity contribution in [3.05, 3.63) is 81.1 Å². The number of carbonyl (C=O) groups excluding carboxylic acids is 1. The predicted molar refractivity (Wildman–Crippen MR) is 192 cm³/mol. The maximum absolute atomic E-state index is 15.2. The molecule has 2 aromatic heterocycles. The number of halogens is 2. The number of piperidine rings is 1. The quantitative estimate of drug-likeness (QED) is 0.105. The Morgan fingerprint density at radius 1 is 1.19 bits per heavy atom. The minimum Gasteiger partial charge on any atom is -0.388 e. The molecule has 256 valence electrons. The van der Waals surface area contributed by atoms with Gasteiger partial charge in [-0.05, 0) is 92.8 Å². The number of rotatable bonds is 13. The van der Waals surface area contributed by atoms with E-state index in [1.54, 1.807) is 19.2 Å². The van der Waals surface area contributed by atoms with Crippen LogP contribution < -0.4 is 16.7 Å². The summed E-state index contributed by atoms with van der Waals surface area (Å²) < 4.78 is 16.8. The molecule has 2 atom stereocenters. The van der Waals surface area contributed by atoms with E-state index in [0.29, 0.717) is 58.9 Å². The number of aromatic nitrogens is 3. The smallest absolute Gasteiger partial charge is 0.354 e. The van der Waals surface area contributed by atoms with Crippen LogP contribution in [0, 0.1) is 11.7 Å². The largest absolute Gasteiger partial charge is 0.388 e. The molecule has 0 radical (unpaired) electrons. The van der Waals surface area contributed by atoms with Crippen LogP contribution in [0.5, 0.6) is 0 Å². The third-order valence-corrected chi connectivity index (χ3v) is 9.42. The van der Waals surface area contributed by atoms with Crippen molar-refractivity contribution in [3.8, 4) is 16.9 Å². The number of hydrogen-bond donors (Lipinski definition) is 3. The molecule has 11 heteroatoms. The van der Waals surface area contributed by atoms with E-state index in [1.165, 1.54) is 11.5 Å².